The minimum atomic E-state index is 0.246. The molecule has 3 aromatic rings. The maximum Gasteiger partial charge on any atom is 0.174 e. The number of nitrogens with zero attached hydrogens (tertiary/aromatic N) is 1. The zero-order chi connectivity index (χ0) is 13.2. The molecule has 4 heteroatoms. The van der Waals surface area contributed by atoms with E-state index in [2.05, 4.69) is 5.16 Å². The van der Waals surface area contributed by atoms with Gasteiger partial charge in [-0.05, 0) is 42.0 Å². The van der Waals surface area contributed by atoms with Gasteiger partial charge in [0.25, 0.3) is 0 Å². The second-order valence-electron chi connectivity index (χ2n) is 4.42. The van der Waals surface area contributed by atoms with E-state index in [0.717, 1.165) is 22.2 Å². The molecule has 0 aliphatic carbocycles. The van der Waals surface area contributed by atoms with E-state index < -0.39 is 0 Å². The van der Waals surface area contributed by atoms with Crippen LogP contribution in [0.2, 0.25) is 0 Å². The Morgan fingerprint density at radius 3 is 2.74 bits per heavy atom. The Bertz CT molecular complexity index is 718. The SMILES string of the molecule is Cc1cc(COc2ccc3ccc(O)cc3c2)on1. The van der Waals surface area contributed by atoms with Crippen LogP contribution in [0.3, 0.4) is 0 Å². The van der Waals surface area contributed by atoms with Gasteiger partial charge in [0.05, 0.1) is 5.69 Å². The summed E-state index contributed by atoms with van der Waals surface area (Å²) in [4.78, 5) is 0. The first-order chi connectivity index (χ1) is 9.20. The van der Waals surface area contributed by atoms with Crippen LogP contribution in [-0.2, 0) is 6.61 Å². The van der Waals surface area contributed by atoms with Crippen LogP contribution in [0, 0.1) is 6.92 Å². The lowest BCUT2D eigenvalue weighted by Gasteiger charge is -2.05. The lowest BCUT2D eigenvalue weighted by Crippen LogP contribution is -1.93. The molecule has 3 rings (SSSR count). The standard InChI is InChI=1S/C15H13NO3/c1-10-6-15(19-16-10)9-18-14-5-3-11-2-4-13(17)7-12(11)8-14/h2-8,17H,9H2,1H3. The minimum Gasteiger partial charge on any atom is -0.508 e. The summed E-state index contributed by atoms with van der Waals surface area (Å²) in [5.41, 5.74) is 0.835. The Morgan fingerprint density at radius 2 is 1.95 bits per heavy atom. The highest BCUT2D eigenvalue weighted by atomic mass is 16.5. The van der Waals surface area contributed by atoms with Crippen LogP contribution in [-0.4, -0.2) is 10.3 Å². The van der Waals surface area contributed by atoms with Crippen LogP contribution in [0.5, 0.6) is 11.5 Å². The summed E-state index contributed by atoms with van der Waals surface area (Å²) < 4.78 is 10.7. The molecule has 0 saturated carbocycles. The number of hydrogen-bond acceptors (Lipinski definition) is 4. The molecule has 0 unspecified atom stereocenters. The lowest BCUT2D eigenvalue weighted by atomic mass is 10.1. The van der Waals surface area contributed by atoms with Crippen molar-refractivity contribution in [3.63, 3.8) is 0 Å². The van der Waals surface area contributed by atoms with Crippen molar-refractivity contribution >= 4 is 10.8 Å². The zero-order valence-electron chi connectivity index (χ0n) is 10.5. The van der Waals surface area contributed by atoms with Crippen molar-refractivity contribution in [1.82, 2.24) is 5.16 Å². The molecule has 0 spiro atoms. The molecule has 2 aromatic carbocycles. The molecule has 0 aliphatic rings. The van der Waals surface area contributed by atoms with Crippen molar-refractivity contribution in [2.45, 2.75) is 13.5 Å². The van der Waals surface area contributed by atoms with Crippen molar-refractivity contribution in [2.24, 2.45) is 0 Å². The van der Waals surface area contributed by atoms with E-state index in [9.17, 15) is 5.11 Å². The van der Waals surface area contributed by atoms with E-state index >= 15 is 0 Å². The van der Waals surface area contributed by atoms with Gasteiger partial charge >= 0.3 is 0 Å². The van der Waals surface area contributed by atoms with Crippen molar-refractivity contribution in [1.29, 1.82) is 0 Å². The first-order valence-corrected chi connectivity index (χ1v) is 5.98. The number of ether oxygens (including phenoxy) is 1. The fraction of sp³-hybridized carbons (Fsp3) is 0.133. The van der Waals surface area contributed by atoms with Crippen LogP contribution in [0.25, 0.3) is 10.8 Å². The van der Waals surface area contributed by atoms with Gasteiger partial charge in [0.2, 0.25) is 0 Å². The Hall–Kier alpha value is -2.49. The van der Waals surface area contributed by atoms with Crippen LogP contribution >= 0.6 is 0 Å². The smallest absolute Gasteiger partial charge is 0.174 e. The normalized spacial score (nSPS) is 10.8. The maximum atomic E-state index is 9.47. The summed E-state index contributed by atoms with van der Waals surface area (Å²) in [6.07, 6.45) is 0. The molecule has 1 aromatic heterocycles. The predicted octanol–water partition coefficient (Wildman–Crippen LogP) is 3.42. The van der Waals surface area contributed by atoms with Crippen LogP contribution in [0.4, 0.5) is 0 Å². The average Bonchev–Trinajstić information content (AvgIpc) is 2.81. The van der Waals surface area contributed by atoms with E-state index in [4.69, 9.17) is 9.26 Å². The van der Waals surface area contributed by atoms with Gasteiger partial charge in [0.15, 0.2) is 5.76 Å². The quantitative estimate of drug-likeness (QED) is 0.779. The molecule has 0 radical (unpaired) electrons. The third-order valence-electron chi connectivity index (χ3n) is 2.85. The number of hydrogen-bond donors (Lipinski definition) is 1. The van der Waals surface area contributed by atoms with Gasteiger partial charge in [0, 0.05) is 6.07 Å². The zero-order valence-corrected chi connectivity index (χ0v) is 10.5. The van der Waals surface area contributed by atoms with Crippen molar-refractivity contribution in [3.8, 4) is 11.5 Å². The first kappa shape index (κ1) is 11.6. The number of aromatic hydroxyl groups is 1. The Labute approximate surface area is 110 Å². The highest BCUT2D eigenvalue weighted by molar-refractivity contribution is 5.85. The molecule has 0 fully saturated rings. The van der Waals surface area contributed by atoms with Gasteiger partial charge in [-0.2, -0.15) is 0 Å². The summed E-state index contributed by atoms with van der Waals surface area (Å²) in [5, 5.41) is 15.3. The molecule has 0 aliphatic heterocycles. The maximum absolute atomic E-state index is 9.47. The van der Waals surface area contributed by atoms with E-state index in [1.54, 1.807) is 12.1 Å². The Kier molecular flexibility index (Phi) is 2.83. The van der Waals surface area contributed by atoms with Gasteiger partial charge in [-0.1, -0.05) is 17.3 Å². The number of phenols is 1. The lowest BCUT2D eigenvalue weighted by molar-refractivity contribution is 0.249. The second-order valence-corrected chi connectivity index (χ2v) is 4.42. The molecule has 19 heavy (non-hydrogen) atoms. The highest BCUT2D eigenvalue weighted by Crippen LogP contribution is 2.24. The molecule has 0 saturated heterocycles. The number of phenolic OH excluding ortho intramolecular Hbond substituents is 1. The van der Waals surface area contributed by atoms with Gasteiger partial charge in [-0.25, -0.2) is 0 Å². The second kappa shape index (κ2) is 4.65. The topological polar surface area (TPSA) is 55.5 Å². The monoisotopic (exact) mass is 255 g/mol. The molecule has 4 nitrogen and oxygen atoms in total. The third kappa shape index (κ3) is 2.52. The Balaban J connectivity index is 1.81. The minimum absolute atomic E-state index is 0.246. The van der Waals surface area contributed by atoms with Crippen molar-refractivity contribution < 1.29 is 14.4 Å². The average molecular weight is 255 g/mol. The van der Waals surface area contributed by atoms with Crippen molar-refractivity contribution in [3.05, 3.63) is 53.9 Å². The molecule has 1 heterocycles. The van der Waals surface area contributed by atoms with Crippen molar-refractivity contribution in [2.75, 3.05) is 0 Å². The van der Waals surface area contributed by atoms with E-state index in [-0.39, 0.29) is 5.75 Å². The Morgan fingerprint density at radius 1 is 1.11 bits per heavy atom. The number of benzene rings is 2. The summed E-state index contributed by atoms with van der Waals surface area (Å²) in [6, 6.07) is 12.8. The number of aryl methyl sites for hydroxylation is 1. The molecule has 1 N–H and O–H groups in total. The number of rotatable bonds is 3. The fourth-order valence-electron chi connectivity index (χ4n) is 1.94. The van der Waals surface area contributed by atoms with E-state index in [1.807, 2.05) is 37.3 Å². The van der Waals surface area contributed by atoms with E-state index in [1.165, 1.54) is 0 Å². The summed E-state index contributed by atoms with van der Waals surface area (Å²) in [7, 11) is 0. The van der Waals surface area contributed by atoms with Gasteiger partial charge in [0.1, 0.15) is 18.1 Å². The van der Waals surface area contributed by atoms with E-state index in [0.29, 0.717) is 12.4 Å². The molecule has 0 bridgehead atoms. The molecule has 0 atom stereocenters. The third-order valence-corrected chi connectivity index (χ3v) is 2.85. The summed E-state index contributed by atoms with van der Waals surface area (Å²) >= 11 is 0. The van der Waals surface area contributed by atoms with Crippen LogP contribution in [0.1, 0.15) is 11.5 Å². The number of aromatic nitrogens is 1. The highest BCUT2D eigenvalue weighted by Gasteiger charge is 2.03. The van der Waals surface area contributed by atoms with Crippen LogP contribution in [0.15, 0.2) is 47.0 Å². The van der Waals surface area contributed by atoms with Crippen LogP contribution < -0.4 is 4.74 Å². The first-order valence-electron chi connectivity index (χ1n) is 5.98. The van der Waals surface area contributed by atoms with Gasteiger partial charge < -0.3 is 14.4 Å². The molecule has 0 amide bonds. The molecular weight excluding hydrogens is 242 g/mol. The van der Waals surface area contributed by atoms with Gasteiger partial charge in [-0.15, -0.1) is 0 Å². The molecular formula is C15H13NO3. The fourth-order valence-corrected chi connectivity index (χ4v) is 1.94. The summed E-state index contributed by atoms with van der Waals surface area (Å²) in [5.74, 6) is 1.66. The number of fused-ring (bicyclic) bond motifs is 1. The molecule has 96 valence electrons. The predicted molar refractivity (Wildman–Crippen MR) is 71.2 cm³/mol. The summed E-state index contributed by atoms with van der Waals surface area (Å²) in [6.45, 7) is 2.21. The van der Waals surface area contributed by atoms with Gasteiger partial charge in [-0.3, -0.25) is 0 Å². The largest absolute Gasteiger partial charge is 0.508 e.